The molecule has 2 aromatic rings. The van der Waals surface area contributed by atoms with Crippen molar-refractivity contribution in [2.24, 2.45) is 12.8 Å². The van der Waals surface area contributed by atoms with E-state index in [4.69, 9.17) is 5.73 Å². The van der Waals surface area contributed by atoms with E-state index >= 15 is 0 Å². The number of nitrogens with two attached hydrogens (primary N) is 1. The first-order chi connectivity index (χ1) is 9.52. The Morgan fingerprint density at radius 2 is 2.00 bits per heavy atom. The first-order valence-electron chi connectivity index (χ1n) is 6.71. The van der Waals surface area contributed by atoms with Crippen LogP contribution in [0.3, 0.4) is 0 Å². The average Bonchev–Trinajstić information content (AvgIpc) is 2.71. The summed E-state index contributed by atoms with van der Waals surface area (Å²) in [7, 11) is 2.00. The fraction of sp³-hybridized carbons (Fsp3) is 0.400. The lowest BCUT2D eigenvalue weighted by molar-refractivity contribution is 0.719. The Labute approximate surface area is 133 Å². The predicted molar refractivity (Wildman–Crippen MR) is 88.9 cm³/mol. The molecular formula is C15H20BrN3S. The summed E-state index contributed by atoms with van der Waals surface area (Å²) < 4.78 is 3.11. The van der Waals surface area contributed by atoms with Gasteiger partial charge in [0.1, 0.15) is 0 Å². The van der Waals surface area contributed by atoms with Crippen LogP contribution in [0.1, 0.15) is 36.8 Å². The molecule has 0 radical (unpaired) electrons. The lowest BCUT2D eigenvalue weighted by Crippen LogP contribution is -2.04. The highest BCUT2D eigenvalue weighted by Crippen LogP contribution is 2.29. The number of rotatable bonds is 5. The lowest BCUT2D eigenvalue weighted by Gasteiger charge is -2.07. The number of hydrogen-bond acceptors (Lipinski definition) is 3. The number of thioether (sulfide) groups is 1. The van der Waals surface area contributed by atoms with Crippen molar-refractivity contribution in [3.8, 4) is 0 Å². The Bertz CT molecular complexity index is 576. The second kappa shape index (κ2) is 6.78. The molecule has 2 N–H and O–H groups in total. The molecule has 108 valence electrons. The molecule has 0 amide bonds. The van der Waals surface area contributed by atoms with Gasteiger partial charge >= 0.3 is 0 Å². The third-order valence-corrected chi connectivity index (χ3v) is 5.22. The Balaban J connectivity index is 2.07. The third-order valence-electron chi connectivity index (χ3n) is 3.28. The Morgan fingerprint density at radius 3 is 2.50 bits per heavy atom. The number of hydrogen-bond donors (Lipinski definition) is 1. The van der Waals surface area contributed by atoms with Gasteiger partial charge < -0.3 is 5.73 Å². The van der Waals surface area contributed by atoms with Crippen LogP contribution in [-0.4, -0.2) is 9.78 Å². The molecule has 1 aromatic heterocycles. The molecule has 1 heterocycles. The van der Waals surface area contributed by atoms with Crippen LogP contribution in [0.25, 0.3) is 0 Å². The molecule has 0 aliphatic rings. The SMILES string of the molecule is CCc1nn(C)c(CSc2ccc(C(C)N)cc2)c1Br. The zero-order chi connectivity index (χ0) is 14.7. The zero-order valence-electron chi connectivity index (χ0n) is 12.1. The number of benzene rings is 1. The van der Waals surface area contributed by atoms with Crippen LogP contribution >= 0.6 is 27.7 Å². The molecule has 0 saturated carbocycles. The van der Waals surface area contributed by atoms with Gasteiger partial charge in [0.15, 0.2) is 0 Å². The van der Waals surface area contributed by atoms with Gasteiger partial charge in [-0.05, 0) is 47.0 Å². The van der Waals surface area contributed by atoms with E-state index in [0.717, 1.165) is 22.3 Å². The molecule has 3 nitrogen and oxygen atoms in total. The number of aryl methyl sites for hydroxylation is 2. The fourth-order valence-corrected chi connectivity index (χ4v) is 3.90. The summed E-state index contributed by atoms with van der Waals surface area (Å²) in [6.45, 7) is 4.12. The molecule has 2 rings (SSSR count). The van der Waals surface area contributed by atoms with E-state index in [-0.39, 0.29) is 6.04 Å². The lowest BCUT2D eigenvalue weighted by atomic mass is 10.1. The van der Waals surface area contributed by atoms with E-state index in [2.05, 4.69) is 52.2 Å². The van der Waals surface area contributed by atoms with Gasteiger partial charge in [-0.25, -0.2) is 0 Å². The maximum atomic E-state index is 5.86. The largest absolute Gasteiger partial charge is 0.324 e. The van der Waals surface area contributed by atoms with Crippen LogP contribution in [0, 0.1) is 0 Å². The smallest absolute Gasteiger partial charge is 0.0767 e. The zero-order valence-corrected chi connectivity index (χ0v) is 14.5. The van der Waals surface area contributed by atoms with E-state index < -0.39 is 0 Å². The minimum Gasteiger partial charge on any atom is -0.324 e. The quantitative estimate of drug-likeness (QED) is 0.824. The van der Waals surface area contributed by atoms with Crippen molar-refractivity contribution in [1.29, 1.82) is 0 Å². The van der Waals surface area contributed by atoms with Crippen molar-refractivity contribution in [3.05, 3.63) is 45.7 Å². The van der Waals surface area contributed by atoms with Gasteiger partial charge in [0.25, 0.3) is 0 Å². The van der Waals surface area contributed by atoms with Crippen molar-refractivity contribution in [2.45, 2.75) is 37.0 Å². The molecule has 5 heteroatoms. The summed E-state index contributed by atoms with van der Waals surface area (Å²) in [5.41, 5.74) is 9.38. The summed E-state index contributed by atoms with van der Waals surface area (Å²) in [6, 6.07) is 8.56. The van der Waals surface area contributed by atoms with Crippen LogP contribution in [0.4, 0.5) is 0 Å². The first-order valence-corrected chi connectivity index (χ1v) is 8.49. The van der Waals surface area contributed by atoms with E-state index in [1.165, 1.54) is 16.2 Å². The highest BCUT2D eigenvalue weighted by Gasteiger charge is 2.12. The monoisotopic (exact) mass is 353 g/mol. The number of halogens is 1. The van der Waals surface area contributed by atoms with E-state index in [1.807, 2.05) is 30.4 Å². The van der Waals surface area contributed by atoms with E-state index in [0.29, 0.717) is 0 Å². The number of aromatic nitrogens is 2. The molecule has 1 unspecified atom stereocenters. The first kappa shape index (κ1) is 15.6. The van der Waals surface area contributed by atoms with E-state index in [1.54, 1.807) is 0 Å². The molecule has 1 atom stereocenters. The van der Waals surface area contributed by atoms with Gasteiger partial charge in [0.2, 0.25) is 0 Å². The molecule has 1 aromatic carbocycles. The minimum atomic E-state index is 0.0902. The Kier molecular flexibility index (Phi) is 5.29. The van der Waals surface area contributed by atoms with Gasteiger partial charge in [-0.1, -0.05) is 19.1 Å². The molecule has 20 heavy (non-hydrogen) atoms. The van der Waals surface area contributed by atoms with Crippen molar-refractivity contribution in [1.82, 2.24) is 9.78 Å². The van der Waals surface area contributed by atoms with Gasteiger partial charge in [-0.2, -0.15) is 5.10 Å². The molecule has 0 aliphatic heterocycles. The summed E-state index contributed by atoms with van der Waals surface area (Å²) >= 11 is 5.47. The second-order valence-electron chi connectivity index (χ2n) is 4.83. The van der Waals surface area contributed by atoms with Crippen LogP contribution < -0.4 is 5.73 Å². The molecule has 0 fully saturated rings. The Morgan fingerprint density at radius 1 is 1.35 bits per heavy atom. The summed E-state index contributed by atoms with van der Waals surface area (Å²) in [5, 5.41) is 4.52. The standard InChI is InChI=1S/C15H20BrN3S/c1-4-13-15(16)14(19(3)18-13)9-20-12-7-5-11(6-8-12)10(2)17/h5-8,10H,4,9,17H2,1-3H3. The number of nitrogens with zero attached hydrogens (tertiary/aromatic N) is 2. The maximum absolute atomic E-state index is 5.86. The van der Waals surface area contributed by atoms with Crippen LogP contribution in [0.5, 0.6) is 0 Å². The Hall–Kier alpha value is -0.780. The summed E-state index contributed by atoms with van der Waals surface area (Å²) in [6.07, 6.45) is 0.947. The van der Waals surface area contributed by atoms with Gasteiger partial charge in [-0.15, -0.1) is 11.8 Å². The van der Waals surface area contributed by atoms with Crippen molar-refractivity contribution < 1.29 is 0 Å². The average molecular weight is 354 g/mol. The molecule has 0 bridgehead atoms. The van der Waals surface area contributed by atoms with Gasteiger partial charge in [0.05, 0.1) is 15.9 Å². The van der Waals surface area contributed by atoms with Crippen LogP contribution in [0.2, 0.25) is 0 Å². The van der Waals surface area contributed by atoms with Crippen molar-refractivity contribution in [3.63, 3.8) is 0 Å². The second-order valence-corrected chi connectivity index (χ2v) is 6.67. The highest BCUT2D eigenvalue weighted by molar-refractivity contribution is 9.10. The maximum Gasteiger partial charge on any atom is 0.0767 e. The molecule has 0 spiro atoms. The van der Waals surface area contributed by atoms with Crippen molar-refractivity contribution >= 4 is 27.7 Å². The molecular weight excluding hydrogens is 334 g/mol. The van der Waals surface area contributed by atoms with E-state index in [9.17, 15) is 0 Å². The van der Waals surface area contributed by atoms with Gasteiger partial charge in [-0.3, -0.25) is 4.68 Å². The minimum absolute atomic E-state index is 0.0902. The molecule has 0 aliphatic carbocycles. The normalized spacial score (nSPS) is 12.7. The molecule has 0 saturated heterocycles. The predicted octanol–water partition coefficient (Wildman–Crippen LogP) is 4.06. The topological polar surface area (TPSA) is 43.8 Å². The third kappa shape index (κ3) is 3.45. The van der Waals surface area contributed by atoms with Crippen LogP contribution in [-0.2, 0) is 19.2 Å². The highest BCUT2D eigenvalue weighted by atomic mass is 79.9. The van der Waals surface area contributed by atoms with Crippen LogP contribution in [0.15, 0.2) is 33.6 Å². The summed E-state index contributed by atoms with van der Waals surface area (Å²) in [4.78, 5) is 1.25. The van der Waals surface area contributed by atoms with Crippen molar-refractivity contribution in [2.75, 3.05) is 0 Å². The summed E-state index contributed by atoms with van der Waals surface area (Å²) in [5.74, 6) is 0.904. The fourth-order valence-electron chi connectivity index (χ4n) is 2.00. The van der Waals surface area contributed by atoms with Gasteiger partial charge in [0, 0.05) is 23.7 Å².